The second-order valence-corrected chi connectivity index (χ2v) is 19.2. The molecule has 366 valence electrons. The van der Waals surface area contributed by atoms with E-state index in [1.54, 1.807) is 70.9 Å². The minimum absolute atomic E-state index is 0.0808. The first-order valence-corrected chi connectivity index (χ1v) is 24.9. The van der Waals surface area contributed by atoms with Crippen LogP contribution in [0.2, 0.25) is 0 Å². The molecule has 7 aromatic rings. The number of ether oxygens (including phenoxy) is 4. The average Bonchev–Trinajstić information content (AvgIpc) is 3.83. The normalized spacial score (nSPS) is 18.0. The SMILES string of the molecule is COc1ccc(C(OC[C@H]2OC[C@@H](n3cnc4c(NC(=O)c5ccccc5)ncnc43)[C@H](OC(=O)c3ccccc3)[C@@H]2OP(=O)(OCCC#N)N(C(C)C)C(C)C)(c2ccccc2)c2ccccc2)cc1. The molecule has 5 aromatic carbocycles. The number of carbonyl (C=O) groups excluding carboxylic acids is 2. The van der Waals surface area contributed by atoms with Crippen LogP contribution in [0.15, 0.2) is 158 Å². The molecule has 1 amide bonds. The van der Waals surface area contributed by atoms with Gasteiger partial charge >= 0.3 is 13.7 Å². The minimum Gasteiger partial charge on any atom is -0.497 e. The van der Waals surface area contributed by atoms with E-state index in [1.807, 2.05) is 119 Å². The number of hydrogen-bond donors (Lipinski definition) is 1. The van der Waals surface area contributed by atoms with Crippen molar-refractivity contribution in [3.8, 4) is 11.8 Å². The number of nitriles is 1. The Morgan fingerprint density at radius 1 is 0.803 bits per heavy atom. The van der Waals surface area contributed by atoms with Crippen LogP contribution in [0.25, 0.3) is 11.2 Å². The van der Waals surface area contributed by atoms with Gasteiger partial charge in [-0.05, 0) is 80.8 Å². The van der Waals surface area contributed by atoms with Crippen LogP contribution in [0.5, 0.6) is 5.75 Å². The molecule has 0 aliphatic carbocycles. The van der Waals surface area contributed by atoms with E-state index in [1.165, 1.54) is 12.7 Å². The largest absolute Gasteiger partial charge is 0.497 e. The lowest BCUT2D eigenvalue weighted by molar-refractivity contribution is -0.182. The fourth-order valence-electron chi connectivity index (χ4n) is 9.02. The van der Waals surface area contributed by atoms with Crippen molar-refractivity contribution in [2.45, 2.75) is 76.2 Å². The molecule has 2 aromatic heterocycles. The number of anilines is 1. The van der Waals surface area contributed by atoms with Crippen molar-refractivity contribution < 1.29 is 42.1 Å². The standard InChI is InChI=1S/C54H56N7O9P/c1-37(2)61(38(3)4)71(64,68-32-18-31-55)70-49-46(34-67-54(41-23-14-8-15-24-41,42-25-16-9-17-26-42)43-27-29-44(65-5)30-28-43)66-33-45(48(49)69-53(63)40-21-12-7-13-22-40)60-36-58-47-50(56-35-57-51(47)60)59-52(62)39-19-10-6-11-20-39/h6-17,19-30,35-38,45-46,48-49H,18,32-34H2,1-5H3,(H,56,57,59,62)/t45-,46-,48+,49-,71?/m1/s1. The van der Waals surface area contributed by atoms with Crippen LogP contribution in [-0.4, -0.2) is 93.4 Å². The molecule has 17 heteroatoms. The highest BCUT2D eigenvalue weighted by atomic mass is 31.2. The van der Waals surface area contributed by atoms with E-state index in [0.29, 0.717) is 11.3 Å². The topological polar surface area (TPSA) is 189 Å². The summed E-state index contributed by atoms with van der Waals surface area (Å²) in [4.78, 5) is 41.5. The van der Waals surface area contributed by atoms with Gasteiger partial charge in [0, 0.05) is 17.6 Å². The Labute approximate surface area is 413 Å². The van der Waals surface area contributed by atoms with Crippen LogP contribution in [0, 0.1) is 11.3 Å². The fraction of sp³-hybridized carbons (Fsp3) is 0.296. The average molecular weight is 978 g/mol. The smallest absolute Gasteiger partial charge is 0.409 e. The molecule has 3 heterocycles. The molecule has 1 fully saturated rings. The molecule has 8 rings (SSSR count). The summed E-state index contributed by atoms with van der Waals surface area (Å²) < 4.78 is 58.8. The maximum absolute atomic E-state index is 15.8. The number of fused-ring (bicyclic) bond motifs is 1. The number of methoxy groups -OCH3 is 1. The van der Waals surface area contributed by atoms with Crippen LogP contribution in [-0.2, 0) is 33.4 Å². The molecule has 71 heavy (non-hydrogen) atoms. The molecule has 1 aliphatic rings. The van der Waals surface area contributed by atoms with Crippen molar-refractivity contribution >= 4 is 36.6 Å². The van der Waals surface area contributed by atoms with Gasteiger partial charge in [-0.2, -0.15) is 5.26 Å². The minimum atomic E-state index is -4.44. The number of nitrogens with zero attached hydrogens (tertiary/aromatic N) is 6. The summed E-state index contributed by atoms with van der Waals surface area (Å²) in [6.45, 7) is 6.91. The lowest BCUT2D eigenvalue weighted by Crippen LogP contribution is -2.56. The molecule has 5 atom stereocenters. The molecule has 1 N–H and O–H groups in total. The van der Waals surface area contributed by atoms with E-state index >= 15 is 4.57 Å². The molecule has 0 spiro atoms. The van der Waals surface area contributed by atoms with Gasteiger partial charge in [-0.3, -0.25) is 13.8 Å². The fourth-order valence-corrected chi connectivity index (χ4v) is 11.3. The van der Waals surface area contributed by atoms with Gasteiger partial charge < -0.3 is 28.8 Å². The number of amides is 1. The van der Waals surface area contributed by atoms with Crippen molar-refractivity contribution in [2.24, 2.45) is 0 Å². The first-order valence-electron chi connectivity index (χ1n) is 23.4. The van der Waals surface area contributed by atoms with Crippen LogP contribution < -0.4 is 10.1 Å². The molecule has 16 nitrogen and oxygen atoms in total. The third kappa shape index (κ3) is 11.0. The first-order chi connectivity index (χ1) is 34.5. The lowest BCUT2D eigenvalue weighted by atomic mass is 9.80. The third-order valence-electron chi connectivity index (χ3n) is 12.2. The van der Waals surface area contributed by atoms with Crippen LogP contribution in [0.1, 0.15) is 77.6 Å². The summed E-state index contributed by atoms with van der Waals surface area (Å²) in [6.07, 6.45) is -1.09. The zero-order chi connectivity index (χ0) is 50.0. The van der Waals surface area contributed by atoms with Crippen molar-refractivity contribution in [3.05, 3.63) is 186 Å². The number of esters is 1. The molecule has 1 aliphatic heterocycles. The summed E-state index contributed by atoms with van der Waals surface area (Å²) in [5.74, 6) is -0.308. The molecule has 0 bridgehead atoms. The highest BCUT2D eigenvalue weighted by Crippen LogP contribution is 2.57. The molecule has 0 saturated carbocycles. The van der Waals surface area contributed by atoms with E-state index in [9.17, 15) is 14.9 Å². The second kappa shape index (κ2) is 22.8. The van der Waals surface area contributed by atoms with E-state index in [2.05, 4.69) is 26.3 Å². The molecule has 0 radical (unpaired) electrons. The number of carbonyl (C=O) groups is 2. The Morgan fingerprint density at radius 3 is 1.96 bits per heavy atom. The molecular weight excluding hydrogens is 922 g/mol. The van der Waals surface area contributed by atoms with Gasteiger partial charge in [0.2, 0.25) is 0 Å². The van der Waals surface area contributed by atoms with Crippen molar-refractivity contribution in [1.82, 2.24) is 24.2 Å². The van der Waals surface area contributed by atoms with E-state index in [0.717, 1.165) is 16.7 Å². The third-order valence-corrected chi connectivity index (χ3v) is 14.7. The van der Waals surface area contributed by atoms with Crippen molar-refractivity contribution in [1.29, 1.82) is 5.26 Å². The Balaban J connectivity index is 1.28. The Hall–Kier alpha value is -7.09. The monoisotopic (exact) mass is 977 g/mol. The predicted molar refractivity (Wildman–Crippen MR) is 267 cm³/mol. The number of imidazole rings is 1. The van der Waals surface area contributed by atoms with Crippen LogP contribution in [0.4, 0.5) is 5.82 Å². The van der Waals surface area contributed by atoms with Gasteiger partial charge in [-0.1, -0.05) is 109 Å². The summed E-state index contributed by atoms with van der Waals surface area (Å²) >= 11 is 0. The van der Waals surface area contributed by atoms with Gasteiger partial charge in [0.1, 0.15) is 29.9 Å². The predicted octanol–water partition coefficient (Wildman–Crippen LogP) is 9.80. The number of aromatic nitrogens is 4. The maximum Gasteiger partial charge on any atom is 0.409 e. The van der Waals surface area contributed by atoms with E-state index in [4.69, 9.17) is 28.0 Å². The summed E-state index contributed by atoms with van der Waals surface area (Å²) in [5.41, 5.74) is 2.27. The Morgan fingerprint density at radius 2 is 1.38 bits per heavy atom. The zero-order valence-corrected chi connectivity index (χ0v) is 41.0. The number of hydrogen-bond acceptors (Lipinski definition) is 13. The molecule has 1 unspecified atom stereocenters. The first kappa shape index (κ1) is 50.3. The van der Waals surface area contributed by atoms with E-state index < -0.39 is 49.6 Å². The van der Waals surface area contributed by atoms with Crippen LogP contribution in [0.3, 0.4) is 0 Å². The Kier molecular flexibility index (Phi) is 16.1. The van der Waals surface area contributed by atoms with Gasteiger partial charge in [0.25, 0.3) is 5.91 Å². The number of rotatable bonds is 20. The Bertz CT molecular complexity index is 2910. The summed E-state index contributed by atoms with van der Waals surface area (Å²) in [7, 11) is -2.83. The lowest BCUT2D eigenvalue weighted by Gasteiger charge is -2.46. The quantitative estimate of drug-likeness (QED) is 0.0329. The molecule has 1 saturated heterocycles. The second-order valence-electron chi connectivity index (χ2n) is 17.3. The highest BCUT2D eigenvalue weighted by Gasteiger charge is 2.52. The van der Waals surface area contributed by atoms with Gasteiger partial charge in [-0.15, -0.1) is 0 Å². The molecular formula is C54H56N7O9P. The van der Waals surface area contributed by atoms with Crippen molar-refractivity contribution in [3.63, 3.8) is 0 Å². The van der Waals surface area contributed by atoms with Crippen LogP contribution >= 0.6 is 7.75 Å². The van der Waals surface area contributed by atoms with Crippen molar-refractivity contribution in [2.75, 3.05) is 32.2 Å². The summed E-state index contributed by atoms with van der Waals surface area (Å²) in [5, 5.41) is 12.5. The van der Waals surface area contributed by atoms with E-state index in [-0.39, 0.29) is 60.9 Å². The summed E-state index contributed by atoms with van der Waals surface area (Å²) in [6, 6.07) is 44.7. The van der Waals surface area contributed by atoms with Gasteiger partial charge in [-0.25, -0.2) is 29.0 Å². The number of nitrogens with one attached hydrogen (secondary N) is 1. The maximum atomic E-state index is 15.8. The van der Waals surface area contributed by atoms with Gasteiger partial charge in [0.15, 0.2) is 23.1 Å². The van der Waals surface area contributed by atoms with Gasteiger partial charge in [0.05, 0.1) is 57.4 Å². The highest BCUT2D eigenvalue weighted by molar-refractivity contribution is 7.51. The zero-order valence-electron chi connectivity index (χ0n) is 40.1. The number of benzene rings is 5.